The lowest BCUT2D eigenvalue weighted by atomic mass is 9.80. The normalized spacial score (nSPS) is 18.1. The minimum Gasteiger partial charge on any atom is -0.497 e. The predicted molar refractivity (Wildman–Crippen MR) is 97.1 cm³/mol. The van der Waals surface area contributed by atoms with E-state index in [9.17, 15) is 0 Å². The second kappa shape index (κ2) is 6.50. The van der Waals surface area contributed by atoms with Crippen molar-refractivity contribution in [2.45, 2.75) is 26.8 Å². The number of hydrogen-bond acceptors (Lipinski definition) is 3. The van der Waals surface area contributed by atoms with Gasteiger partial charge in [0.1, 0.15) is 5.75 Å². The van der Waals surface area contributed by atoms with Crippen LogP contribution in [-0.4, -0.2) is 38.2 Å². The van der Waals surface area contributed by atoms with Crippen LogP contribution in [0.15, 0.2) is 36.4 Å². The molecule has 1 heterocycles. The van der Waals surface area contributed by atoms with Crippen LogP contribution in [0.5, 0.6) is 5.75 Å². The second-order valence-electron chi connectivity index (χ2n) is 7.53. The van der Waals surface area contributed by atoms with Crippen LogP contribution < -0.4 is 10.1 Å². The summed E-state index contributed by atoms with van der Waals surface area (Å²) in [6.45, 7) is 11.4. The van der Waals surface area contributed by atoms with Gasteiger partial charge in [-0.05, 0) is 39.9 Å². The van der Waals surface area contributed by atoms with Gasteiger partial charge in [0.25, 0.3) is 0 Å². The third kappa shape index (κ3) is 3.51. The Morgan fingerprint density at radius 3 is 2.30 bits per heavy atom. The molecule has 0 spiro atoms. The minimum absolute atomic E-state index is 0.206. The Kier molecular flexibility index (Phi) is 4.60. The van der Waals surface area contributed by atoms with E-state index in [4.69, 9.17) is 4.74 Å². The fourth-order valence-corrected chi connectivity index (χ4v) is 3.74. The first-order valence-electron chi connectivity index (χ1n) is 8.51. The van der Waals surface area contributed by atoms with Crippen molar-refractivity contribution in [3.8, 4) is 5.75 Å². The van der Waals surface area contributed by atoms with E-state index in [0.717, 1.165) is 31.9 Å². The lowest BCUT2D eigenvalue weighted by Gasteiger charge is -2.42. The number of rotatable bonds is 3. The standard InChI is InChI=1S/C20H28N2O/c1-20(2,3)19(22-11-9-21-10-12-22)17-6-5-16-14-18(23-4)8-7-15(16)13-17/h5-8,13-14,19,21H,9-12H2,1-4H3/t19-/m1/s1. The molecule has 124 valence electrons. The molecule has 0 bridgehead atoms. The molecule has 0 amide bonds. The second-order valence-corrected chi connectivity index (χ2v) is 7.53. The molecule has 0 saturated carbocycles. The van der Waals surface area contributed by atoms with Crippen molar-refractivity contribution in [1.82, 2.24) is 10.2 Å². The van der Waals surface area contributed by atoms with Gasteiger partial charge in [-0.15, -0.1) is 0 Å². The summed E-state index contributed by atoms with van der Waals surface area (Å²) < 4.78 is 5.33. The molecule has 0 unspecified atom stereocenters. The molecule has 1 N–H and O–H groups in total. The topological polar surface area (TPSA) is 24.5 Å². The van der Waals surface area contributed by atoms with Crippen molar-refractivity contribution >= 4 is 10.8 Å². The van der Waals surface area contributed by atoms with Gasteiger partial charge in [0.2, 0.25) is 0 Å². The van der Waals surface area contributed by atoms with E-state index in [1.165, 1.54) is 16.3 Å². The maximum atomic E-state index is 5.33. The molecule has 3 heteroatoms. The Bertz CT molecular complexity index is 669. The van der Waals surface area contributed by atoms with Gasteiger partial charge in [0.05, 0.1) is 7.11 Å². The van der Waals surface area contributed by atoms with Gasteiger partial charge in [0, 0.05) is 32.2 Å². The first kappa shape index (κ1) is 16.3. The van der Waals surface area contributed by atoms with Crippen molar-refractivity contribution in [2.24, 2.45) is 5.41 Å². The third-order valence-electron chi connectivity index (χ3n) is 4.72. The fourth-order valence-electron chi connectivity index (χ4n) is 3.74. The average molecular weight is 312 g/mol. The fraction of sp³-hybridized carbons (Fsp3) is 0.500. The number of ether oxygens (including phenoxy) is 1. The molecule has 1 fully saturated rings. The highest BCUT2D eigenvalue weighted by Gasteiger charge is 2.32. The van der Waals surface area contributed by atoms with Crippen molar-refractivity contribution in [1.29, 1.82) is 0 Å². The Balaban J connectivity index is 2.00. The molecule has 2 aromatic rings. The van der Waals surface area contributed by atoms with Crippen LogP contribution in [0.2, 0.25) is 0 Å². The van der Waals surface area contributed by atoms with Gasteiger partial charge >= 0.3 is 0 Å². The maximum Gasteiger partial charge on any atom is 0.119 e. The molecule has 2 aromatic carbocycles. The van der Waals surface area contributed by atoms with Gasteiger partial charge in [0.15, 0.2) is 0 Å². The van der Waals surface area contributed by atoms with Gasteiger partial charge in [-0.25, -0.2) is 0 Å². The average Bonchev–Trinajstić information content (AvgIpc) is 2.54. The molecule has 1 aliphatic heterocycles. The van der Waals surface area contributed by atoms with Gasteiger partial charge < -0.3 is 10.1 Å². The van der Waals surface area contributed by atoms with Crippen LogP contribution >= 0.6 is 0 Å². The molecule has 0 radical (unpaired) electrons. The zero-order valence-corrected chi connectivity index (χ0v) is 14.7. The van der Waals surface area contributed by atoms with E-state index in [2.05, 4.69) is 61.3 Å². The van der Waals surface area contributed by atoms with Crippen LogP contribution in [0.3, 0.4) is 0 Å². The number of nitrogens with zero attached hydrogens (tertiary/aromatic N) is 1. The molecule has 3 rings (SSSR count). The number of hydrogen-bond donors (Lipinski definition) is 1. The number of methoxy groups -OCH3 is 1. The predicted octanol–water partition coefficient (Wildman–Crippen LogP) is 3.84. The lowest BCUT2D eigenvalue weighted by Crippen LogP contribution is -2.48. The lowest BCUT2D eigenvalue weighted by molar-refractivity contribution is 0.0863. The summed E-state index contributed by atoms with van der Waals surface area (Å²) in [4.78, 5) is 2.63. The van der Waals surface area contributed by atoms with Crippen LogP contribution in [0.25, 0.3) is 10.8 Å². The van der Waals surface area contributed by atoms with Gasteiger partial charge in [-0.2, -0.15) is 0 Å². The minimum atomic E-state index is 0.206. The third-order valence-corrected chi connectivity index (χ3v) is 4.72. The number of nitrogens with one attached hydrogen (secondary N) is 1. The summed E-state index contributed by atoms with van der Waals surface area (Å²) >= 11 is 0. The summed E-state index contributed by atoms with van der Waals surface area (Å²) in [5.41, 5.74) is 1.62. The Morgan fingerprint density at radius 2 is 1.65 bits per heavy atom. The van der Waals surface area contributed by atoms with Crippen LogP contribution in [0, 0.1) is 5.41 Å². The van der Waals surface area contributed by atoms with Crippen molar-refractivity contribution in [2.75, 3.05) is 33.3 Å². The highest BCUT2D eigenvalue weighted by Crippen LogP contribution is 2.39. The molecule has 1 atom stereocenters. The van der Waals surface area contributed by atoms with Crippen molar-refractivity contribution in [3.63, 3.8) is 0 Å². The Labute approximate surface area is 139 Å². The zero-order chi connectivity index (χ0) is 16.4. The molecule has 0 aliphatic carbocycles. The smallest absolute Gasteiger partial charge is 0.119 e. The molecule has 23 heavy (non-hydrogen) atoms. The molecule has 3 nitrogen and oxygen atoms in total. The summed E-state index contributed by atoms with van der Waals surface area (Å²) in [5, 5.41) is 5.98. The van der Waals surface area contributed by atoms with E-state index < -0.39 is 0 Å². The van der Waals surface area contributed by atoms with E-state index in [-0.39, 0.29) is 5.41 Å². The first-order valence-corrected chi connectivity index (χ1v) is 8.51. The Morgan fingerprint density at radius 1 is 1.00 bits per heavy atom. The number of benzene rings is 2. The molecule has 1 aliphatic rings. The van der Waals surface area contributed by atoms with E-state index in [1.807, 2.05) is 6.07 Å². The maximum absolute atomic E-state index is 5.33. The molecular weight excluding hydrogens is 284 g/mol. The molecule has 0 aromatic heterocycles. The van der Waals surface area contributed by atoms with Crippen LogP contribution in [0.4, 0.5) is 0 Å². The highest BCUT2D eigenvalue weighted by atomic mass is 16.5. The summed E-state index contributed by atoms with van der Waals surface area (Å²) in [6, 6.07) is 13.6. The summed E-state index contributed by atoms with van der Waals surface area (Å²) in [6.07, 6.45) is 0. The largest absolute Gasteiger partial charge is 0.497 e. The molecular formula is C20H28N2O. The first-order chi connectivity index (χ1) is 11.0. The van der Waals surface area contributed by atoms with E-state index in [0.29, 0.717) is 6.04 Å². The van der Waals surface area contributed by atoms with Gasteiger partial charge in [-0.3, -0.25) is 4.90 Å². The van der Waals surface area contributed by atoms with E-state index in [1.54, 1.807) is 7.11 Å². The van der Waals surface area contributed by atoms with Crippen LogP contribution in [0.1, 0.15) is 32.4 Å². The van der Waals surface area contributed by atoms with Crippen molar-refractivity contribution in [3.05, 3.63) is 42.0 Å². The Hall–Kier alpha value is -1.58. The SMILES string of the molecule is COc1ccc2cc([C@@H](N3CCNCC3)C(C)(C)C)ccc2c1. The highest BCUT2D eigenvalue weighted by molar-refractivity contribution is 5.84. The molecule has 1 saturated heterocycles. The number of piperazine rings is 1. The van der Waals surface area contributed by atoms with Gasteiger partial charge in [-0.1, -0.05) is 39.0 Å². The van der Waals surface area contributed by atoms with Crippen molar-refractivity contribution < 1.29 is 4.74 Å². The van der Waals surface area contributed by atoms with Crippen LogP contribution in [-0.2, 0) is 0 Å². The summed E-state index contributed by atoms with van der Waals surface area (Å²) in [7, 11) is 1.72. The monoisotopic (exact) mass is 312 g/mol. The number of fused-ring (bicyclic) bond motifs is 1. The quantitative estimate of drug-likeness (QED) is 0.932. The summed E-state index contributed by atoms with van der Waals surface area (Å²) in [5.74, 6) is 0.916. The van der Waals surface area contributed by atoms with E-state index >= 15 is 0 Å². The zero-order valence-electron chi connectivity index (χ0n) is 14.7.